The van der Waals surface area contributed by atoms with Crippen molar-refractivity contribution >= 4 is 22.8 Å². The number of para-hydroxylation sites is 1. The van der Waals surface area contributed by atoms with Crippen molar-refractivity contribution in [3.05, 3.63) is 36.0 Å². The van der Waals surface area contributed by atoms with Gasteiger partial charge < -0.3 is 21.1 Å². The van der Waals surface area contributed by atoms with E-state index < -0.39 is 17.9 Å². The summed E-state index contributed by atoms with van der Waals surface area (Å²) in [5.41, 5.74) is 7.29. The number of aromatic amines is 1. The van der Waals surface area contributed by atoms with Crippen LogP contribution in [-0.4, -0.2) is 28.0 Å². The Bertz CT molecular complexity index is 573. The lowest BCUT2D eigenvalue weighted by atomic mass is 10.2. The Morgan fingerprint density at radius 3 is 2.79 bits per heavy atom. The Labute approximate surface area is 109 Å². The molecule has 1 aromatic carbocycles. The summed E-state index contributed by atoms with van der Waals surface area (Å²) in [5, 5.41) is 12.2. The molecule has 1 heterocycles. The molecule has 0 radical (unpaired) electrons. The van der Waals surface area contributed by atoms with Crippen molar-refractivity contribution < 1.29 is 14.7 Å². The highest BCUT2D eigenvalue weighted by molar-refractivity contribution is 5.86. The average Bonchev–Trinajstić information content (AvgIpc) is 2.77. The van der Waals surface area contributed by atoms with Crippen LogP contribution < -0.4 is 11.1 Å². The number of carbonyl (C=O) groups is 2. The van der Waals surface area contributed by atoms with E-state index in [1.807, 2.05) is 30.3 Å². The van der Waals surface area contributed by atoms with Gasteiger partial charge in [0.05, 0.1) is 19.0 Å². The number of aromatic nitrogens is 1. The molecular formula is C13H15N3O3. The minimum absolute atomic E-state index is 0.292. The van der Waals surface area contributed by atoms with Gasteiger partial charge in [-0.15, -0.1) is 0 Å². The van der Waals surface area contributed by atoms with Crippen molar-refractivity contribution in [2.24, 2.45) is 5.73 Å². The summed E-state index contributed by atoms with van der Waals surface area (Å²) in [6.07, 6.45) is -0.376. The number of amides is 1. The van der Waals surface area contributed by atoms with E-state index >= 15 is 0 Å². The summed E-state index contributed by atoms with van der Waals surface area (Å²) in [6, 6.07) is 8.66. The number of carbonyl (C=O) groups excluding carboxylic acids is 1. The molecule has 1 atom stereocenters. The molecule has 1 aromatic heterocycles. The Balaban J connectivity index is 1.94. The molecule has 0 spiro atoms. The van der Waals surface area contributed by atoms with Crippen LogP contribution in [0.4, 0.5) is 0 Å². The van der Waals surface area contributed by atoms with E-state index in [1.54, 1.807) is 0 Å². The second-order valence-electron chi connectivity index (χ2n) is 4.30. The smallest absolute Gasteiger partial charge is 0.305 e. The number of rotatable bonds is 5. The van der Waals surface area contributed by atoms with Crippen LogP contribution in [0.2, 0.25) is 0 Å². The predicted molar refractivity (Wildman–Crippen MR) is 70.4 cm³/mol. The largest absolute Gasteiger partial charge is 0.481 e. The molecule has 0 aliphatic carbocycles. The van der Waals surface area contributed by atoms with Crippen LogP contribution in [0.15, 0.2) is 30.3 Å². The molecule has 5 N–H and O–H groups in total. The Hall–Kier alpha value is -2.34. The topological polar surface area (TPSA) is 108 Å². The minimum atomic E-state index is -1.09. The number of carboxylic acid groups (broad SMARTS) is 1. The summed E-state index contributed by atoms with van der Waals surface area (Å²) >= 11 is 0. The van der Waals surface area contributed by atoms with Crippen LogP contribution in [0.5, 0.6) is 0 Å². The number of hydrogen-bond acceptors (Lipinski definition) is 3. The van der Waals surface area contributed by atoms with E-state index in [-0.39, 0.29) is 6.42 Å². The Kier molecular flexibility index (Phi) is 3.82. The third-order valence-electron chi connectivity index (χ3n) is 2.77. The molecule has 6 nitrogen and oxygen atoms in total. The van der Waals surface area contributed by atoms with Crippen molar-refractivity contribution in [1.82, 2.24) is 10.3 Å². The zero-order valence-corrected chi connectivity index (χ0v) is 10.2. The number of nitrogens with one attached hydrogen (secondary N) is 2. The highest BCUT2D eigenvalue weighted by atomic mass is 16.4. The monoisotopic (exact) mass is 261 g/mol. The van der Waals surface area contributed by atoms with Crippen molar-refractivity contribution in [1.29, 1.82) is 0 Å². The lowest BCUT2D eigenvalue weighted by Gasteiger charge is -2.09. The van der Waals surface area contributed by atoms with Gasteiger partial charge in [-0.3, -0.25) is 9.59 Å². The van der Waals surface area contributed by atoms with Crippen LogP contribution in [0, 0.1) is 0 Å². The van der Waals surface area contributed by atoms with E-state index in [1.165, 1.54) is 0 Å². The highest BCUT2D eigenvalue weighted by Crippen LogP contribution is 2.14. The molecule has 1 amide bonds. The van der Waals surface area contributed by atoms with E-state index in [0.29, 0.717) is 6.54 Å². The lowest BCUT2D eigenvalue weighted by Crippen LogP contribution is -2.41. The van der Waals surface area contributed by atoms with Crippen molar-refractivity contribution in [2.45, 2.75) is 19.0 Å². The minimum Gasteiger partial charge on any atom is -0.481 e. The molecule has 0 fully saturated rings. The molecule has 0 aliphatic heterocycles. The molecule has 0 saturated heterocycles. The second-order valence-corrected chi connectivity index (χ2v) is 4.30. The Morgan fingerprint density at radius 2 is 2.11 bits per heavy atom. The fourth-order valence-electron chi connectivity index (χ4n) is 1.82. The van der Waals surface area contributed by atoms with Crippen LogP contribution in [0.1, 0.15) is 12.1 Å². The first kappa shape index (κ1) is 13.1. The summed E-state index contributed by atoms with van der Waals surface area (Å²) in [7, 11) is 0. The normalized spacial score (nSPS) is 12.3. The summed E-state index contributed by atoms with van der Waals surface area (Å²) in [4.78, 5) is 25.2. The average molecular weight is 261 g/mol. The third-order valence-corrected chi connectivity index (χ3v) is 2.77. The number of hydrogen-bond donors (Lipinski definition) is 4. The van der Waals surface area contributed by atoms with Crippen molar-refractivity contribution in [3.8, 4) is 0 Å². The highest BCUT2D eigenvalue weighted by Gasteiger charge is 2.16. The maximum atomic E-state index is 11.6. The number of H-pyrrole nitrogens is 1. The first-order chi connectivity index (χ1) is 9.06. The maximum Gasteiger partial charge on any atom is 0.305 e. The summed E-state index contributed by atoms with van der Waals surface area (Å²) in [6.45, 7) is 0.292. The van der Waals surface area contributed by atoms with Gasteiger partial charge in [0.25, 0.3) is 0 Å². The van der Waals surface area contributed by atoms with Crippen molar-refractivity contribution in [3.63, 3.8) is 0 Å². The zero-order chi connectivity index (χ0) is 13.8. The number of carboxylic acids is 1. The van der Waals surface area contributed by atoms with E-state index in [4.69, 9.17) is 10.8 Å². The fourth-order valence-corrected chi connectivity index (χ4v) is 1.82. The second kappa shape index (κ2) is 5.53. The quantitative estimate of drug-likeness (QED) is 0.631. The van der Waals surface area contributed by atoms with Gasteiger partial charge in [-0.1, -0.05) is 18.2 Å². The zero-order valence-electron chi connectivity index (χ0n) is 10.2. The molecule has 2 aromatic rings. The third kappa shape index (κ3) is 3.32. The van der Waals surface area contributed by atoms with Crippen molar-refractivity contribution in [2.75, 3.05) is 0 Å². The predicted octanol–water partition coefficient (Wildman–Crippen LogP) is 0.586. The van der Waals surface area contributed by atoms with Crippen LogP contribution >= 0.6 is 0 Å². The molecule has 2 rings (SSSR count). The van der Waals surface area contributed by atoms with Gasteiger partial charge in [0.2, 0.25) is 5.91 Å². The molecule has 100 valence electrons. The molecular weight excluding hydrogens is 246 g/mol. The fraction of sp³-hybridized carbons (Fsp3) is 0.231. The molecule has 0 saturated carbocycles. The molecule has 0 bridgehead atoms. The first-order valence-electron chi connectivity index (χ1n) is 5.88. The number of nitrogens with two attached hydrogens (primary N) is 1. The standard InChI is InChI=1S/C13H15N3O3/c14-10(6-12(17)18)13(19)15-7-9-5-8-3-1-2-4-11(8)16-9/h1-5,10,16H,6-7,14H2,(H,15,19)(H,17,18)/t10-/m0/s1. The van der Waals surface area contributed by atoms with Gasteiger partial charge in [0, 0.05) is 11.2 Å². The maximum absolute atomic E-state index is 11.6. The lowest BCUT2D eigenvalue weighted by molar-refractivity contribution is -0.139. The SMILES string of the molecule is N[C@@H](CC(=O)O)C(=O)NCc1cc2ccccc2[nH]1. The van der Waals surface area contributed by atoms with Crippen LogP contribution in [0.3, 0.4) is 0 Å². The van der Waals surface area contributed by atoms with Gasteiger partial charge in [-0.25, -0.2) is 0 Å². The number of fused-ring (bicyclic) bond motifs is 1. The molecule has 6 heteroatoms. The summed E-state index contributed by atoms with van der Waals surface area (Å²) in [5.74, 6) is -1.56. The molecule has 0 aliphatic rings. The van der Waals surface area contributed by atoms with Gasteiger partial charge in [-0.05, 0) is 17.5 Å². The van der Waals surface area contributed by atoms with Crippen LogP contribution in [-0.2, 0) is 16.1 Å². The number of aliphatic carboxylic acids is 1. The van der Waals surface area contributed by atoms with Gasteiger partial charge >= 0.3 is 5.97 Å². The first-order valence-corrected chi connectivity index (χ1v) is 5.88. The van der Waals surface area contributed by atoms with E-state index in [9.17, 15) is 9.59 Å². The molecule has 0 unspecified atom stereocenters. The van der Waals surface area contributed by atoms with Gasteiger partial charge in [0.15, 0.2) is 0 Å². The van der Waals surface area contributed by atoms with E-state index in [0.717, 1.165) is 16.6 Å². The van der Waals surface area contributed by atoms with Crippen LogP contribution in [0.25, 0.3) is 10.9 Å². The van der Waals surface area contributed by atoms with Gasteiger partial charge in [0.1, 0.15) is 0 Å². The number of benzene rings is 1. The Morgan fingerprint density at radius 1 is 1.37 bits per heavy atom. The van der Waals surface area contributed by atoms with E-state index in [2.05, 4.69) is 10.3 Å². The molecule has 19 heavy (non-hydrogen) atoms. The van der Waals surface area contributed by atoms with Gasteiger partial charge in [-0.2, -0.15) is 0 Å². The summed E-state index contributed by atoms with van der Waals surface area (Å²) < 4.78 is 0.